The van der Waals surface area contributed by atoms with E-state index in [4.69, 9.17) is 0 Å². The predicted octanol–water partition coefficient (Wildman–Crippen LogP) is 2.94. The van der Waals surface area contributed by atoms with Crippen molar-refractivity contribution < 1.29 is 4.79 Å². The summed E-state index contributed by atoms with van der Waals surface area (Å²) < 4.78 is 0. The van der Waals surface area contributed by atoms with Crippen molar-refractivity contribution >= 4 is 5.91 Å². The Labute approximate surface area is 104 Å². The number of likely N-dealkylation sites (tertiary alicyclic amines) is 1. The Hall–Kier alpha value is -1.31. The molecule has 0 bridgehead atoms. The van der Waals surface area contributed by atoms with Gasteiger partial charge < -0.3 is 4.90 Å². The van der Waals surface area contributed by atoms with E-state index in [1.807, 2.05) is 0 Å². The van der Waals surface area contributed by atoms with Crippen molar-refractivity contribution in [1.29, 1.82) is 0 Å². The van der Waals surface area contributed by atoms with Gasteiger partial charge in [-0.25, -0.2) is 0 Å². The summed E-state index contributed by atoms with van der Waals surface area (Å²) in [5.74, 6) is 0.290. The van der Waals surface area contributed by atoms with E-state index in [0.29, 0.717) is 18.4 Å². The topological polar surface area (TPSA) is 20.3 Å². The second kappa shape index (κ2) is 5.35. The van der Waals surface area contributed by atoms with E-state index in [0.717, 1.165) is 24.9 Å². The Morgan fingerprint density at radius 3 is 2.71 bits per heavy atom. The standard InChI is InChI=1S/C15H21NO/c1-3-14-5-4-10-16(14)15(17)11-13-8-6-12(2)7-9-13/h6-9,14H,3-5,10-11H2,1-2H3. The van der Waals surface area contributed by atoms with Crippen LogP contribution in [0.1, 0.15) is 37.3 Å². The molecular formula is C15H21NO. The molecule has 1 amide bonds. The summed E-state index contributed by atoms with van der Waals surface area (Å²) in [5, 5.41) is 0. The van der Waals surface area contributed by atoms with E-state index in [9.17, 15) is 4.79 Å². The average Bonchev–Trinajstić information content (AvgIpc) is 2.80. The quantitative estimate of drug-likeness (QED) is 0.783. The van der Waals surface area contributed by atoms with Crippen LogP contribution in [0, 0.1) is 6.92 Å². The lowest BCUT2D eigenvalue weighted by atomic mass is 10.1. The molecule has 1 saturated heterocycles. The molecule has 0 N–H and O–H groups in total. The molecule has 2 nitrogen and oxygen atoms in total. The highest BCUT2D eigenvalue weighted by Crippen LogP contribution is 2.20. The normalized spacial score (nSPS) is 19.6. The lowest BCUT2D eigenvalue weighted by Crippen LogP contribution is -2.36. The van der Waals surface area contributed by atoms with Crippen molar-refractivity contribution in [3.8, 4) is 0 Å². The summed E-state index contributed by atoms with van der Waals surface area (Å²) >= 11 is 0. The van der Waals surface area contributed by atoms with Gasteiger partial charge in [0.25, 0.3) is 0 Å². The van der Waals surface area contributed by atoms with Crippen LogP contribution in [-0.4, -0.2) is 23.4 Å². The number of amides is 1. The Bertz CT molecular complexity index is 382. The molecule has 0 saturated carbocycles. The fourth-order valence-electron chi connectivity index (χ4n) is 2.57. The number of carbonyl (C=O) groups is 1. The summed E-state index contributed by atoms with van der Waals surface area (Å²) in [5.41, 5.74) is 2.37. The minimum atomic E-state index is 0.290. The largest absolute Gasteiger partial charge is 0.339 e. The molecule has 2 rings (SSSR count). The SMILES string of the molecule is CCC1CCCN1C(=O)Cc1ccc(C)cc1. The van der Waals surface area contributed by atoms with Gasteiger partial charge in [0.2, 0.25) is 5.91 Å². The number of benzene rings is 1. The molecule has 2 heteroatoms. The first-order valence-electron chi connectivity index (χ1n) is 6.55. The molecule has 1 aliphatic heterocycles. The van der Waals surface area contributed by atoms with E-state index < -0.39 is 0 Å². The van der Waals surface area contributed by atoms with Gasteiger partial charge in [-0.2, -0.15) is 0 Å². The molecule has 0 spiro atoms. The second-order valence-electron chi connectivity index (χ2n) is 4.95. The molecule has 1 aromatic rings. The van der Waals surface area contributed by atoms with Gasteiger partial charge in [0.1, 0.15) is 0 Å². The smallest absolute Gasteiger partial charge is 0.227 e. The van der Waals surface area contributed by atoms with Gasteiger partial charge in [-0.3, -0.25) is 4.79 Å². The maximum absolute atomic E-state index is 12.2. The molecular weight excluding hydrogens is 210 g/mol. The summed E-state index contributed by atoms with van der Waals surface area (Å²) in [6.45, 7) is 5.19. The van der Waals surface area contributed by atoms with Gasteiger partial charge in [0.15, 0.2) is 0 Å². The zero-order valence-electron chi connectivity index (χ0n) is 10.8. The van der Waals surface area contributed by atoms with Crippen LogP contribution in [0.25, 0.3) is 0 Å². The van der Waals surface area contributed by atoms with Crippen molar-refractivity contribution in [2.45, 2.75) is 45.6 Å². The van der Waals surface area contributed by atoms with Crippen molar-refractivity contribution in [3.05, 3.63) is 35.4 Å². The Morgan fingerprint density at radius 1 is 1.35 bits per heavy atom. The highest BCUT2D eigenvalue weighted by molar-refractivity contribution is 5.79. The van der Waals surface area contributed by atoms with Crippen molar-refractivity contribution in [3.63, 3.8) is 0 Å². The van der Waals surface area contributed by atoms with Crippen molar-refractivity contribution in [2.24, 2.45) is 0 Å². The third-order valence-corrected chi connectivity index (χ3v) is 3.64. The Balaban J connectivity index is 1.99. The van der Waals surface area contributed by atoms with Crippen LogP contribution >= 0.6 is 0 Å². The van der Waals surface area contributed by atoms with Crippen LogP contribution in [0.5, 0.6) is 0 Å². The second-order valence-corrected chi connectivity index (χ2v) is 4.95. The molecule has 0 aromatic heterocycles. The molecule has 1 aromatic carbocycles. The van der Waals surface area contributed by atoms with Crippen molar-refractivity contribution in [2.75, 3.05) is 6.54 Å². The molecule has 1 unspecified atom stereocenters. The van der Waals surface area contributed by atoms with Crippen LogP contribution in [0.2, 0.25) is 0 Å². The van der Waals surface area contributed by atoms with E-state index in [1.165, 1.54) is 12.0 Å². The number of rotatable bonds is 3. The number of hydrogen-bond acceptors (Lipinski definition) is 1. The van der Waals surface area contributed by atoms with E-state index in [-0.39, 0.29) is 0 Å². The zero-order valence-corrected chi connectivity index (χ0v) is 10.8. The maximum atomic E-state index is 12.2. The first kappa shape index (κ1) is 12.2. The fraction of sp³-hybridized carbons (Fsp3) is 0.533. The van der Waals surface area contributed by atoms with Crippen LogP contribution in [-0.2, 0) is 11.2 Å². The number of hydrogen-bond donors (Lipinski definition) is 0. The Kier molecular flexibility index (Phi) is 3.82. The molecule has 17 heavy (non-hydrogen) atoms. The Morgan fingerprint density at radius 2 is 2.06 bits per heavy atom. The predicted molar refractivity (Wildman–Crippen MR) is 69.9 cm³/mol. The molecule has 0 radical (unpaired) electrons. The van der Waals surface area contributed by atoms with Gasteiger partial charge in [-0.05, 0) is 31.7 Å². The van der Waals surface area contributed by atoms with E-state index >= 15 is 0 Å². The lowest BCUT2D eigenvalue weighted by molar-refractivity contribution is -0.131. The third-order valence-electron chi connectivity index (χ3n) is 3.64. The van der Waals surface area contributed by atoms with E-state index in [1.54, 1.807) is 0 Å². The lowest BCUT2D eigenvalue weighted by Gasteiger charge is -2.23. The highest BCUT2D eigenvalue weighted by Gasteiger charge is 2.26. The third kappa shape index (κ3) is 2.87. The van der Waals surface area contributed by atoms with Crippen LogP contribution < -0.4 is 0 Å². The highest BCUT2D eigenvalue weighted by atomic mass is 16.2. The number of carbonyl (C=O) groups excluding carboxylic acids is 1. The van der Waals surface area contributed by atoms with Crippen LogP contribution in [0.4, 0.5) is 0 Å². The summed E-state index contributed by atoms with van der Waals surface area (Å²) in [4.78, 5) is 14.3. The minimum Gasteiger partial charge on any atom is -0.339 e. The van der Waals surface area contributed by atoms with Gasteiger partial charge in [-0.15, -0.1) is 0 Å². The first-order chi connectivity index (χ1) is 8.20. The zero-order chi connectivity index (χ0) is 12.3. The first-order valence-corrected chi connectivity index (χ1v) is 6.55. The van der Waals surface area contributed by atoms with Gasteiger partial charge in [0.05, 0.1) is 6.42 Å². The summed E-state index contributed by atoms with van der Waals surface area (Å²) in [7, 11) is 0. The molecule has 92 valence electrons. The molecule has 1 heterocycles. The van der Waals surface area contributed by atoms with Gasteiger partial charge in [-0.1, -0.05) is 36.8 Å². The number of aryl methyl sites for hydroxylation is 1. The average molecular weight is 231 g/mol. The molecule has 1 aliphatic rings. The van der Waals surface area contributed by atoms with E-state index in [2.05, 4.69) is 43.0 Å². The molecule has 1 atom stereocenters. The van der Waals surface area contributed by atoms with Gasteiger partial charge in [0, 0.05) is 12.6 Å². The summed E-state index contributed by atoms with van der Waals surface area (Å²) in [6.07, 6.45) is 3.98. The maximum Gasteiger partial charge on any atom is 0.227 e. The molecule has 1 fully saturated rings. The summed E-state index contributed by atoms with van der Waals surface area (Å²) in [6, 6.07) is 8.75. The van der Waals surface area contributed by atoms with Crippen molar-refractivity contribution in [1.82, 2.24) is 4.90 Å². The number of nitrogens with zero attached hydrogens (tertiary/aromatic N) is 1. The van der Waals surface area contributed by atoms with Gasteiger partial charge >= 0.3 is 0 Å². The van der Waals surface area contributed by atoms with Crippen LogP contribution in [0.3, 0.4) is 0 Å². The van der Waals surface area contributed by atoms with Crippen LogP contribution in [0.15, 0.2) is 24.3 Å². The fourth-order valence-corrected chi connectivity index (χ4v) is 2.57. The molecule has 0 aliphatic carbocycles. The monoisotopic (exact) mass is 231 g/mol. The minimum absolute atomic E-state index is 0.290.